The van der Waals surface area contributed by atoms with E-state index in [4.69, 9.17) is 15.2 Å². The molecule has 4 N–H and O–H groups in total. The predicted molar refractivity (Wildman–Crippen MR) is 116 cm³/mol. The number of hydrogen-bond donors (Lipinski definition) is 3. The molecule has 1 heterocycles. The van der Waals surface area contributed by atoms with Crippen molar-refractivity contribution >= 4 is 22.4 Å². The van der Waals surface area contributed by atoms with Gasteiger partial charge in [-0.15, -0.1) is 0 Å². The Balaban J connectivity index is 1.97. The molecule has 0 spiro atoms. The molecule has 0 aliphatic rings. The summed E-state index contributed by atoms with van der Waals surface area (Å²) >= 11 is 0. The molecule has 0 amide bonds. The summed E-state index contributed by atoms with van der Waals surface area (Å²) in [4.78, 5) is 8.80. The molecule has 2 aromatic carbocycles. The number of benzene rings is 2. The lowest BCUT2D eigenvalue weighted by Gasteiger charge is -2.20. The fourth-order valence-electron chi connectivity index (χ4n) is 3.08. The Morgan fingerprint density at radius 2 is 1.78 bits per heavy atom. The minimum absolute atomic E-state index is 0.0207. The molecule has 0 saturated carbocycles. The standard InChI is InChI=1S/C22H25F3N4O3/c1-12-28-17-9-18(31-4)19(32-11-21(2,3)30)8-16(17)20(29-12)27-10-13-5-14(22(23,24)25)7-15(26)6-13/h5-9,30H,10-11,26H2,1-4H3,(H,27,28,29). The van der Waals surface area contributed by atoms with Gasteiger partial charge in [0.05, 0.1) is 23.8 Å². The number of nitrogens with one attached hydrogen (secondary N) is 1. The van der Waals surface area contributed by atoms with Crippen LogP contribution >= 0.6 is 0 Å². The van der Waals surface area contributed by atoms with Crippen molar-refractivity contribution in [1.29, 1.82) is 0 Å². The van der Waals surface area contributed by atoms with E-state index < -0.39 is 17.3 Å². The van der Waals surface area contributed by atoms with Gasteiger partial charge < -0.3 is 25.6 Å². The number of aliphatic hydroxyl groups is 1. The van der Waals surface area contributed by atoms with Crippen molar-refractivity contribution in [3.63, 3.8) is 0 Å². The van der Waals surface area contributed by atoms with Gasteiger partial charge in [-0.3, -0.25) is 0 Å². The Morgan fingerprint density at radius 3 is 2.41 bits per heavy atom. The predicted octanol–water partition coefficient (Wildman–Crippen LogP) is 4.31. The summed E-state index contributed by atoms with van der Waals surface area (Å²) < 4.78 is 50.4. The molecule has 3 aromatic rings. The lowest BCUT2D eigenvalue weighted by atomic mass is 10.1. The number of hydrogen-bond acceptors (Lipinski definition) is 7. The molecule has 3 rings (SSSR count). The number of nitrogens with zero attached hydrogens (tertiary/aromatic N) is 2. The number of rotatable bonds is 7. The molecule has 32 heavy (non-hydrogen) atoms. The number of halogens is 3. The highest BCUT2D eigenvalue weighted by atomic mass is 19.4. The number of nitrogens with two attached hydrogens (primary N) is 1. The number of aryl methyl sites for hydroxylation is 1. The molecule has 0 unspecified atom stereocenters. The fraction of sp³-hybridized carbons (Fsp3) is 0.364. The molecule has 0 saturated heterocycles. The lowest BCUT2D eigenvalue weighted by molar-refractivity contribution is -0.137. The van der Waals surface area contributed by atoms with Gasteiger partial charge in [0.2, 0.25) is 0 Å². The molecule has 0 aliphatic heterocycles. The second-order valence-electron chi connectivity index (χ2n) is 8.06. The van der Waals surface area contributed by atoms with Crippen molar-refractivity contribution in [3.05, 3.63) is 47.3 Å². The molecule has 172 valence electrons. The van der Waals surface area contributed by atoms with Crippen molar-refractivity contribution in [1.82, 2.24) is 9.97 Å². The van der Waals surface area contributed by atoms with Gasteiger partial charge in [0.25, 0.3) is 0 Å². The molecule has 10 heteroatoms. The van der Waals surface area contributed by atoms with Gasteiger partial charge in [-0.1, -0.05) is 0 Å². The zero-order chi connectivity index (χ0) is 23.7. The van der Waals surface area contributed by atoms with Crippen LogP contribution in [-0.4, -0.2) is 34.4 Å². The summed E-state index contributed by atoms with van der Waals surface area (Å²) in [5.41, 5.74) is 4.72. The van der Waals surface area contributed by atoms with Gasteiger partial charge in [-0.2, -0.15) is 13.2 Å². The number of nitrogen functional groups attached to an aromatic ring is 1. The SMILES string of the molecule is COc1cc2nc(C)nc(NCc3cc(N)cc(C(F)(F)F)c3)c2cc1OCC(C)(C)O. The van der Waals surface area contributed by atoms with Crippen LogP contribution in [0, 0.1) is 6.92 Å². The van der Waals surface area contributed by atoms with Crippen LogP contribution in [-0.2, 0) is 12.7 Å². The zero-order valence-corrected chi connectivity index (χ0v) is 18.2. The van der Waals surface area contributed by atoms with Crippen LogP contribution in [0.15, 0.2) is 30.3 Å². The Hall–Kier alpha value is -3.27. The number of methoxy groups -OCH3 is 1. The van der Waals surface area contributed by atoms with E-state index in [2.05, 4.69) is 15.3 Å². The van der Waals surface area contributed by atoms with Crippen LogP contribution in [0.4, 0.5) is 24.7 Å². The van der Waals surface area contributed by atoms with Gasteiger partial charge in [0, 0.05) is 23.7 Å². The van der Waals surface area contributed by atoms with Crippen molar-refractivity contribution < 1.29 is 27.8 Å². The molecule has 7 nitrogen and oxygen atoms in total. The first-order chi connectivity index (χ1) is 14.9. The van der Waals surface area contributed by atoms with Crippen molar-refractivity contribution in [2.45, 2.75) is 39.1 Å². The largest absolute Gasteiger partial charge is 0.493 e. The third-order valence-corrected chi connectivity index (χ3v) is 4.48. The summed E-state index contributed by atoms with van der Waals surface area (Å²) in [6.45, 7) is 5.01. The van der Waals surface area contributed by atoms with Gasteiger partial charge in [-0.25, -0.2) is 9.97 Å². The summed E-state index contributed by atoms with van der Waals surface area (Å²) in [7, 11) is 1.49. The smallest absolute Gasteiger partial charge is 0.416 e. The second-order valence-corrected chi connectivity index (χ2v) is 8.06. The van der Waals surface area contributed by atoms with Crippen molar-refractivity contribution in [2.75, 3.05) is 24.8 Å². The molecule has 0 radical (unpaired) electrons. The van der Waals surface area contributed by atoms with Crippen LogP contribution in [0.25, 0.3) is 10.9 Å². The van der Waals surface area contributed by atoms with Crippen LogP contribution in [0.3, 0.4) is 0 Å². The maximum absolute atomic E-state index is 13.1. The van der Waals surface area contributed by atoms with Crippen molar-refractivity contribution in [3.8, 4) is 11.5 Å². The van der Waals surface area contributed by atoms with Crippen molar-refractivity contribution in [2.24, 2.45) is 0 Å². The third-order valence-electron chi connectivity index (χ3n) is 4.48. The quantitative estimate of drug-likeness (QED) is 0.461. The number of fused-ring (bicyclic) bond motifs is 1. The Labute approximate surface area is 183 Å². The Bertz CT molecular complexity index is 1130. The molecular weight excluding hydrogens is 425 g/mol. The third kappa shape index (κ3) is 5.70. The van der Waals surface area contributed by atoms with Crippen LogP contribution in [0.2, 0.25) is 0 Å². The highest BCUT2D eigenvalue weighted by Gasteiger charge is 2.31. The molecule has 0 fully saturated rings. The van der Waals surface area contributed by atoms with Gasteiger partial charge in [0.1, 0.15) is 18.2 Å². The molecule has 0 bridgehead atoms. The second kappa shape index (κ2) is 8.70. The Kier molecular flexibility index (Phi) is 6.36. The molecule has 0 aliphatic carbocycles. The van der Waals surface area contributed by atoms with Gasteiger partial charge in [0.15, 0.2) is 11.5 Å². The molecule has 1 aromatic heterocycles. The summed E-state index contributed by atoms with van der Waals surface area (Å²) in [5, 5.41) is 13.6. The number of anilines is 2. The maximum atomic E-state index is 13.1. The van der Waals surface area contributed by atoms with Crippen LogP contribution < -0.4 is 20.5 Å². The van der Waals surface area contributed by atoms with E-state index in [1.165, 1.54) is 13.2 Å². The molecule has 0 atom stereocenters. The van der Waals surface area contributed by atoms with Gasteiger partial charge >= 0.3 is 6.18 Å². The highest BCUT2D eigenvalue weighted by molar-refractivity contribution is 5.91. The summed E-state index contributed by atoms with van der Waals surface area (Å²) in [6, 6.07) is 6.76. The number of ether oxygens (including phenoxy) is 2. The fourth-order valence-corrected chi connectivity index (χ4v) is 3.08. The summed E-state index contributed by atoms with van der Waals surface area (Å²) in [5.74, 6) is 1.69. The first-order valence-electron chi connectivity index (χ1n) is 9.78. The number of alkyl halides is 3. The van der Waals surface area contributed by atoms with E-state index in [1.807, 2.05) is 0 Å². The number of aromatic nitrogens is 2. The van der Waals surface area contributed by atoms with Gasteiger partial charge in [-0.05, 0) is 50.6 Å². The summed E-state index contributed by atoms with van der Waals surface area (Å²) in [6.07, 6.45) is -4.49. The monoisotopic (exact) mass is 450 g/mol. The topological polar surface area (TPSA) is 103 Å². The van der Waals surface area contributed by atoms with Crippen LogP contribution in [0.1, 0.15) is 30.8 Å². The first kappa shape index (κ1) is 23.4. The van der Waals surface area contributed by atoms with E-state index in [9.17, 15) is 18.3 Å². The average molecular weight is 450 g/mol. The van der Waals surface area contributed by atoms with E-state index >= 15 is 0 Å². The minimum Gasteiger partial charge on any atom is -0.493 e. The van der Waals surface area contributed by atoms with E-state index in [-0.39, 0.29) is 18.8 Å². The van der Waals surface area contributed by atoms with E-state index in [1.54, 1.807) is 32.9 Å². The lowest BCUT2D eigenvalue weighted by Crippen LogP contribution is -2.28. The molecular formula is C22H25F3N4O3. The first-order valence-corrected chi connectivity index (χ1v) is 9.78. The normalized spacial score (nSPS) is 12.1. The van der Waals surface area contributed by atoms with E-state index in [0.717, 1.165) is 12.1 Å². The highest BCUT2D eigenvalue weighted by Crippen LogP contribution is 2.35. The van der Waals surface area contributed by atoms with E-state index in [0.29, 0.717) is 39.6 Å². The average Bonchev–Trinajstić information content (AvgIpc) is 2.68. The zero-order valence-electron chi connectivity index (χ0n) is 18.2. The maximum Gasteiger partial charge on any atom is 0.416 e. The minimum atomic E-state index is -4.49. The Morgan fingerprint density at radius 1 is 1.06 bits per heavy atom. The van der Waals surface area contributed by atoms with Crippen LogP contribution in [0.5, 0.6) is 11.5 Å².